The minimum absolute atomic E-state index is 0.133. The SMILES string of the molecule is CC[C@@H](O)[C@](C)(O)[C@H](O)[C@@H](C)N(C)C[C@H](C)C[C@@](C)(O)[C@H](O[C@@H]1O[C@H](C)C[C@H](N(C)C)[C@H]1OC(=O)[C@H](C)O)[C@@H](C)[C@H](O[C@H]1C[C@@](C)(OC)[C@@H](O)[C@H](C)O1)[C@@H](C)C=O. The summed E-state index contributed by atoms with van der Waals surface area (Å²) < 4.78 is 37.4. The van der Waals surface area contributed by atoms with Gasteiger partial charge < -0.3 is 73.7 Å². The van der Waals surface area contributed by atoms with Gasteiger partial charge in [0.2, 0.25) is 0 Å². The Morgan fingerprint density at radius 1 is 1.02 bits per heavy atom. The van der Waals surface area contributed by atoms with Gasteiger partial charge in [-0.25, -0.2) is 4.79 Å². The molecule has 0 aromatic carbocycles. The summed E-state index contributed by atoms with van der Waals surface area (Å²) in [5.74, 6) is -2.60. The number of carbonyl (C=O) groups excluding carboxylic acids is 2. The number of rotatable bonds is 22. The van der Waals surface area contributed by atoms with Gasteiger partial charge in [0.25, 0.3) is 0 Å². The van der Waals surface area contributed by atoms with Crippen LogP contribution < -0.4 is 0 Å². The fraction of sp³-hybridized carbons (Fsp3) is 0.951. The molecule has 0 aromatic rings. The van der Waals surface area contributed by atoms with Crippen molar-refractivity contribution in [3.8, 4) is 0 Å². The number of likely N-dealkylation sites (N-methyl/N-ethyl adjacent to an activating group) is 2. The summed E-state index contributed by atoms with van der Waals surface area (Å²) in [5, 5.41) is 66.1. The number of aldehydes is 1. The van der Waals surface area contributed by atoms with Crippen molar-refractivity contribution in [3.05, 3.63) is 0 Å². The molecule has 2 aliphatic rings. The second kappa shape index (κ2) is 21.4. The molecule has 2 saturated heterocycles. The summed E-state index contributed by atoms with van der Waals surface area (Å²) in [5.41, 5.74) is -4.43. The van der Waals surface area contributed by atoms with Crippen molar-refractivity contribution in [2.45, 2.75) is 198 Å². The van der Waals surface area contributed by atoms with Gasteiger partial charge in [-0.15, -0.1) is 0 Å². The second-order valence-electron chi connectivity index (χ2n) is 18.0. The van der Waals surface area contributed by atoms with Crippen molar-refractivity contribution >= 4 is 12.3 Å². The highest BCUT2D eigenvalue weighted by Gasteiger charge is 2.51. The summed E-state index contributed by atoms with van der Waals surface area (Å²) in [6.45, 7) is 18.9. The van der Waals surface area contributed by atoms with Gasteiger partial charge in [0.05, 0.1) is 47.8 Å². The van der Waals surface area contributed by atoms with E-state index in [9.17, 15) is 40.2 Å². The molecule has 0 unspecified atom stereocenters. The molecule has 6 N–H and O–H groups in total. The molecule has 0 aromatic heterocycles. The summed E-state index contributed by atoms with van der Waals surface area (Å²) in [6.07, 6.45) is -9.21. The van der Waals surface area contributed by atoms with Gasteiger partial charge in [-0.3, -0.25) is 0 Å². The molecule has 0 radical (unpaired) electrons. The van der Waals surface area contributed by atoms with Gasteiger partial charge in [-0.2, -0.15) is 0 Å². The van der Waals surface area contributed by atoms with Gasteiger partial charge >= 0.3 is 5.97 Å². The minimum Gasteiger partial charge on any atom is -0.453 e. The summed E-state index contributed by atoms with van der Waals surface area (Å²) in [7, 11) is 6.96. The molecule has 2 aliphatic heterocycles. The number of carbonyl (C=O) groups is 2. The van der Waals surface area contributed by atoms with Gasteiger partial charge in [-0.1, -0.05) is 27.7 Å². The number of ether oxygens (including phenoxy) is 6. The molecule has 57 heavy (non-hydrogen) atoms. The zero-order valence-electron chi connectivity index (χ0n) is 37.2. The van der Waals surface area contributed by atoms with E-state index in [-0.39, 0.29) is 37.3 Å². The lowest BCUT2D eigenvalue weighted by Crippen LogP contribution is -2.61. The Balaban J connectivity index is 2.60. The molecular weight excluding hydrogens is 744 g/mol. The van der Waals surface area contributed by atoms with E-state index in [0.29, 0.717) is 13.0 Å². The first-order valence-corrected chi connectivity index (χ1v) is 20.5. The highest BCUT2D eigenvalue weighted by Crippen LogP contribution is 2.39. The van der Waals surface area contributed by atoms with Crippen molar-refractivity contribution in [1.82, 2.24) is 9.80 Å². The van der Waals surface area contributed by atoms with E-state index in [4.69, 9.17) is 28.4 Å². The van der Waals surface area contributed by atoms with Crippen LogP contribution in [0.2, 0.25) is 0 Å². The lowest BCUT2D eigenvalue weighted by atomic mass is 9.78. The van der Waals surface area contributed by atoms with Crippen LogP contribution in [0.5, 0.6) is 0 Å². The third-order valence-electron chi connectivity index (χ3n) is 12.4. The maximum atomic E-state index is 12.9. The first-order chi connectivity index (χ1) is 26.2. The Hall–Kier alpha value is -1.38. The molecule has 0 spiro atoms. The predicted molar refractivity (Wildman–Crippen MR) is 212 cm³/mol. The van der Waals surface area contributed by atoms with E-state index in [1.54, 1.807) is 55.5 Å². The Morgan fingerprint density at radius 2 is 1.61 bits per heavy atom. The van der Waals surface area contributed by atoms with Crippen LogP contribution in [-0.4, -0.2) is 184 Å². The van der Waals surface area contributed by atoms with Crippen LogP contribution in [0.15, 0.2) is 0 Å². The van der Waals surface area contributed by atoms with Gasteiger partial charge in [-0.05, 0) is 94.8 Å². The molecule has 2 heterocycles. The van der Waals surface area contributed by atoms with Crippen LogP contribution in [0.25, 0.3) is 0 Å². The highest BCUT2D eigenvalue weighted by atomic mass is 16.7. The molecular formula is C41H78N2O14. The molecule has 0 aliphatic carbocycles. The van der Waals surface area contributed by atoms with E-state index in [0.717, 1.165) is 6.29 Å². The first kappa shape index (κ1) is 51.8. The Bertz CT molecular complexity index is 1240. The van der Waals surface area contributed by atoms with Crippen molar-refractivity contribution in [1.29, 1.82) is 0 Å². The standard InChI is InChI=1S/C41H78N2O14/c1-16-30(46)41(11,51)34(47)26(6)43(14)20-22(2)18-39(9,50)36(57-38-33(56-37(49)27(7)45)29(42(12)13)17-24(4)53-38)25(5)32(23(3)21-44)55-31-19-40(10,52-15)35(48)28(8)54-31/h21-36,38,45-48,50-51H,16-20H2,1-15H3/t22-,23+,24-,25+,26-,27+,28+,29+,30-,31+,32-,33-,34-,35+,36-,38+,39-,40-,41+/m1/s1. The van der Waals surface area contributed by atoms with Crippen LogP contribution in [0, 0.1) is 17.8 Å². The van der Waals surface area contributed by atoms with Crippen LogP contribution in [-0.2, 0) is 38.0 Å². The third-order valence-corrected chi connectivity index (χ3v) is 12.4. The molecule has 2 rings (SSSR count). The maximum absolute atomic E-state index is 12.9. The topological polar surface area (TPSA) is 217 Å². The number of esters is 1. The lowest BCUT2D eigenvalue weighted by Gasteiger charge is -2.49. The first-order valence-electron chi connectivity index (χ1n) is 20.5. The maximum Gasteiger partial charge on any atom is 0.335 e. The average molecular weight is 823 g/mol. The van der Waals surface area contributed by atoms with Gasteiger partial charge in [0, 0.05) is 38.0 Å². The van der Waals surface area contributed by atoms with Crippen LogP contribution >= 0.6 is 0 Å². The number of methoxy groups -OCH3 is 1. The van der Waals surface area contributed by atoms with E-state index in [2.05, 4.69) is 0 Å². The van der Waals surface area contributed by atoms with Crippen molar-refractivity contribution in [2.75, 3.05) is 34.8 Å². The van der Waals surface area contributed by atoms with Gasteiger partial charge in [0.15, 0.2) is 18.7 Å². The molecule has 16 nitrogen and oxygen atoms in total. The summed E-state index contributed by atoms with van der Waals surface area (Å²) in [4.78, 5) is 29.2. The Morgan fingerprint density at radius 3 is 2.12 bits per heavy atom. The number of nitrogens with zero attached hydrogens (tertiary/aromatic N) is 2. The van der Waals surface area contributed by atoms with Crippen molar-refractivity contribution < 1.29 is 68.6 Å². The van der Waals surface area contributed by atoms with E-state index in [1.165, 1.54) is 21.0 Å². The third kappa shape index (κ3) is 13.1. The van der Waals surface area contributed by atoms with E-state index < -0.39 is 102 Å². The average Bonchev–Trinajstić information content (AvgIpc) is 3.13. The quantitative estimate of drug-likeness (QED) is 0.0673. The van der Waals surface area contributed by atoms with Crippen molar-refractivity contribution in [3.63, 3.8) is 0 Å². The zero-order valence-corrected chi connectivity index (χ0v) is 37.2. The predicted octanol–water partition coefficient (Wildman–Crippen LogP) is 1.47. The minimum atomic E-state index is -1.76. The smallest absolute Gasteiger partial charge is 0.335 e. The Labute approximate surface area is 341 Å². The van der Waals surface area contributed by atoms with E-state index >= 15 is 0 Å². The monoisotopic (exact) mass is 823 g/mol. The van der Waals surface area contributed by atoms with Crippen LogP contribution in [0.4, 0.5) is 0 Å². The largest absolute Gasteiger partial charge is 0.453 e. The molecule has 2 fully saturated rings. The fourth-order valence-electron chi connectivity index (χ4n) is 8.61. The highest BCUT2D eigenvalue weighted by molar-refractivity contribution is 5.74. The van der Waals surface area contributed by atoms with Crippen LogP contribution in [0.3, 0.4) is 0 Å². The molecule has 0 bridgehead atoms. The molecule has 16 heteroatoms. The van der Waals surface area contributed by atoms with E-state index in [1.807, 2.05) is 37.7 Å². The van der Waals surface area contributed by atoms with Crippen molar-refractivity contribution in [2.24, 2.45) is 17.8 Å². The van der Waals surface area contributed by atoms with Gasteiger partial charge in [0.1, 0.15) is 30.2 Å². The normalized spacial score (nSPS) is 34.2. The molecule has 0 saturated carbocycles. The molecule has 336 valence electrons. The lowest BCUT2D eigenvalue weighted by molar-refractivity contribution is -0.318. The molecule has 19 atom stereocenters. The number of hydrogen-bond donors (Lipinski definition) is 6. The number of aliphatic hydroxyl groups excluding tert-OH is 4. The van der Waals surface area contributed by atoms with Crippen LogP contribution in [0.1, 0.15) is 102 Å². The second-order valence-corrected chi connectivity index (χ2v) is 18.0. The summed E-state index contributed by atoms with van der Waals surface area (Å²) >= 11 is 0. The number of hydrogen-bond acceptors (Lipinski definition) is 16. The number of aliphatic hydroxyl groups is 6. The fourth-order valence-corrected chi connectivity index (χ4v) is 8.61. The molecule has 0 amide bonds. The summed E-state index contributed by atoms with van der Waals surface area (Å²) in [6, 6.07) is -0.966. The zero-order chi connectivity index (χ0) is 44.0. The Kier molecular flexibility index (Phi) is 19.5.